The SMILES string of the molecule is COc1ccccc1NC(=O)CC(C)C1CCNCC1.Cl. The van der Waals surface area contributed by atoms with E-state index in [1.165, 1.54) is 12.8 Å². The van der Waals surface area contributed by atoms with Crippen LogP contribution in [0.15, 0.2) is 24.3 Å². The Bertz CT molecular complexity index is 448. The van der Waals surface area contributed by atoms with Gasteiger partial charge in [-0.05, 0) is 49.9 Å². The first-order valence-corrected chi connectivity index (χ1v) is 7.34. The maximum absolute atomic E-state index is 12.2. The average Bonchev–Trinajstić information content (AvgIpc) is 2.48. The first-order chi connectivity index (χ1) is 9.70. The summed E-state index contributed by atoms with van der Waals surface area (Å²) in [5, 5.41) is 6.31. The Labute approximate surface area is 133 Å². The molecule has 0 bridgehead atoms. The average molecular weight is 313 g/mol. The quantitative estimate of drug-likeness (QED) is 0.878. The molecule has 2 N–H and O–H groups in total. The highest BCUT2D eigenvalue weighted by Gasteiger charge is 2.22. The summed E-state index contributed by atoms with van der Waals surface area (Å²) in [5.41, 5.74) is 0.748. The number of benzene rings is 1. The van der Waals surface area contributed by atoms with Gasteiger partial charge in [0.05, 0.1) is 12.8 Å². The van der Waals surface area contributed by atoms with Crippen LogP contribution in [0.3, 0.4) is 0 Å². The molecule has 5 heteroatoms. The van der Waals surface area contributed by atoms with Crippen molar-refractivity contribution < 1.29 is 9.53 Å². The largest absolute Gasteiger partial charge is 0.495 e. The monoisotopic (exact) mass is 312 g/mol. The lowest BCUT2D eigenvalue weighted by atomic mass is 9.84. The summed E-state index contributed by atoms with van der Waals surface area (Å²) in [6, 6.07) is 7.51. The number of para-hydroxylation sites is 2. The van der Waals surface area contributed by atoms with Crippen LogP contribution in [0.2, 0.25) is 0 Å². The Morgan fingerprint density at radius 1 is 1.38 bits per heavy atom. The number of hydrogen-bond acceptors (Lipinski definition) is 3. The van der Waals surface area contributed by atoms with Crippen LogP contribution in [0, 0.1) is 11.8 Å². The van der Waals surface area contributed by atoms with Crippen LogP contribution >= 0.6 is 12.4 Å². The predicted molar refractivity (Wildman–Crippen MR) is 88.2 cm³/mol. The van der Waals surface area contributed by atoms with Crippen LogP contribution in [0.4, 0.5) is 5.69 Å². The molecule has 0 spiro atoms. The van der Waals surface area contributed by atoms with Gasteiger partial charge < -0.3 is 15.4 Å². The number of halogens is 1. The minimum Gasteiger partial charge on any atom is -0.495 e. The van der Waals surface area contributed by atoms with Gasteiger partial charge in [0.25, 0.3) is 0 Å². The molecule has 1 heterocycles. The Morgan fingerprint density at radius 2 is 2.05 bits per heavy atom. The van der Waals surface area contributed by atoms with Gasteiger partial charge in [-0.1, -0.05) is 19.1 Å². The number of nitrogens with one attached hydrogen (secondary N) is 2. The molecule has 0 radical (unpaired) electrons. The molecule has 21 heavy (non-hydrogen) atoms. The molecule has 118 valence electrons. The van der Waals surface area contributed by atoms with E-state index in [1.54, 1.807) is 7.11 Å². The van der Waals surface area contributed by atoms with E-state index in [2.05, 4.69) is 17.6 Å². The molecular formula is C16H25ClN2O2. The van der Waals surface area contributed by atoms with Gasteiger partial charge >= 0.3 is 0 Å². The topological polar surface area (TPSA) is 50.4 Å². The fraction of sp³-hybridized carbons (Fsp3) is 0.562. The number of ether oxygens (including phenoxy) is 1. The molecule has 0 saturated carbocycles. The fourth-order valence-electron chi connectivity index (χ4n) is 2.82. The molecule has 1 amide bonds. The van der Waals surface area contributed by atoms with Gasteiger partial charge in [0.1, 0.15) is 5.75 Å². The van der Waals surface area contributed by atoms with Crippen molar-refractivity contribution in [2.45, 2.75) is 26.2 Å². The first-order valence-electron chi connectivity index (χ1n) is 7.34. The summed E-state index contributed by atoms with van der Waals surface area (Å²) in [5.74, 6) is 1.85. The van der Waals surface area contributed by atoms with Crippen molar-refractivity contribution in [1.82, 2.24) is 5.32 Å². The molecule has 1 aromatic rings. The van der Waals surface area contributed by atoms with Crippen molar-refractivity contribution >= 4 is 24.0 Å². The normalized spacial score (nSPS) is 16.7. The number of carbonyl (C=O) groups excluding carboxylic acids is 1. The van der Waals surface area contributed by atoms with Gasteiger partial charge in [0.2, 0.25) is 5.91 Å². The van der Waals surface area contributed by atoms with Crippen molar-refractivity contribution in [3.05, 3.63) is 24.3 Å². The number of rotatable bonds is 5. The van der Waals surface area contributed by atoms with E-state index in [1.807, 2.05) is 24.3 Å². The maximum Gasteiger partial charge on any atom is 0.224 e. The smallest absolute Gasteiger partial charge is 0.224 e. The molecule has 0 aliphatic carbocycles. The van der Waals surface area contributed by atoms with Crippen LogP contribution in [-0.2, 0) is 4.79 Å². The zero-order chi connectivity index (χ0) is 14.4. The Morgan fingerprint density at radius 3 is 2.71 bits per heavy atom. The van der Waals surface area contributed by atoms with E-state index < -0.39 is 0 Å². The summed E-state index contributed by atoms with van der Waals surface area (Å²) in [7, 11) is 1.61. The zero-order valence-corrected chi connectivity index (χ0v) is 13.5. The van der Waals surface area contributed by atoms with Gasteiger partial charge in [-0.15, -0.1) is 12.4 Å². The van der Waals surface area contributed by atoms with E-state index >= 15 is 0 Å². The molecule has 1 saturated heterocycles. The minimum absolute atomic E-state index is 0. The van der Waals surface area contributed by atoms with E-state index in [9.17, 15) is 4.79 Å². The Hall–Kier alpha value is -1.26. The molecule has 1 fully saturated rings. The van der Waals surface area contributed by atoms with Crippen molar-refractivity contribution in [1.29, 1.82) is 0 Å². The number of methoxy groups -OCH3 is 1. The highest BCUT2D eigenvalue weighted by molar-refractivity contribution is 5.92. The van der Waals surface area contributed by atoms with Gasteiger partial charge in [0.15, 0.2) is 0 Å². The molecule has 1 aliphatic heterocycles. The molecule has 1 atom stereocenters. The summed E-state index contributed by atoms with van der Waals surface area (Å²) in [4.78, 5) is 12.2. The lowest BCUT2D eigenvalue weighted by Crippen LogP contribution is -2.32. The fourth-order valence-corrected chi connectivity index (χ4v) is 2.82. The minimum atomic E-state index is 0. The van der Waals surface area contributed by atoms with Crippen LogP contribution in [0.1, 0.15) is 26.2 Å². The van der Waals surface area contributed by atoms with Crippen molar-refractivity contribution in [2.75, 3.05) is 25.5 Å². The van der Waals surface area contributed by atoms with E-state index in [4.69, 9.17) is 4.74 Å². The van der Waals surface area contributed by atoms with Crippen LogP contribution in [-0.4, -0.2) is 26.1 Å². The lowest BCUT2D eigenvalue weighted by molar-refractivity contribution is -0.117. The van der Waals surface area contributed by atoms with E-state index in [0.717, 1.165) is 18.8 Å². The second-order valence-corrected chi connectivity index (χ2v) is 5.52. The van der Waals surface area contributed by atoms with Gasteiger partial charge in [-0.25, -0.2) is 0 Å². The number of piperidine rings is 1. The molecule has 1 aliphatic rings. The highest BCUT2D eigenvalue weighted by atomic mass is 35.5. The summed E-state index contributed by atoms with van der Waals surface area (Å²) in [6.07, 6.45) is 2.91. The number of amides is 1. The van der Waals surface area contributed by atoms with Crippen LogP contribution in [0.5, 0.6) is 5.75 Å². The molecule has 2 rings (SSSR count). The molecular weight excluding hydrogens is 288 g/mol. The molecule has 4 nitrogen and oxygen atoms in total. The molecule has 0 aromatic heterocycles. The van der Waals surface area contributed by atoms with Crippen LogP contribution < -0.4 is 15.4 Å². The van der Waals surface area contributed by atoms with Crippen molar-refractivity contribution in [2.24, 2.45) is 11.8 Å². The van der Waals surface area contributed by atoms with Gasteiger partial charge in [-0.2, -0.15) is 0 Å². The van der Waals surface area contributed by atoms with Gasteiger partial charge in [0, 0.05) is 6.42 Å². The van der Waals surface area contributed by atoms with Crippen molar-refractivity contribution in [3.63, 3.8) is 0 Å². The summed E-state index contributed by atoms with van der Waals surface area (Å²) >= 11 is 0. The third-order valence-electron chi connectivity index (χ3n) is 4.08. The summed E-state index contributed by atoms with van der Waals surface area (Å²) in [6.45, 7) is 4.32. The third kappa shape index (κ3) is 5.21. The Balaban J connectivity index is 0.00000220. The second kappa shape index (κ2) is 8.90. The highest BCUT2D eigenvalue weighted by Crippen LogP contribution is 2.26. The third-order valence-corrected chi connectivity index (χ3v) is 4.08. The van der Waals surface area contributed by atoms with E-state index in [-0.39, 0.29) is 18.3 Å². The van der Waals surface area contributed by atoms with Crippen molar-refractivity contribution in [3.8, 4) is 5.75 Å². The molecule has 1 aromatic carbocycles. The second-order valence-electron chi connectivity index (χ2n) is 5.52. The van der Waals surface area contributed by atoms with Crippen LogP contribution in [0.25, 0.3) is 0 Å². The first kappa shape index (κ1) is 17.8. The lowest BCUT2D eigenvalue weighted by Gasteiger charge is -2.27. The zero-order valence-electron chi connectivity index (χ0n) is 12.7. The maximum atomic E-state index is 12.2. The standard InChI is InChI=1S/C16H24N2O2.ClH/c1-12(13-7-9-17-10-8-13)11-16(19)18-14-5-3-4-6-15(14)20-2;/h3-6,12-13,17H,7-11H2,1-2H3,(H,18,19);1H. The van der Waals surface area contributed by atoms with Gasteiger partial charge in [-0.3, -0.25) is 4.79 Å². The number of anilines is 1. The summed E-state index contributed by atoms with van der Waals surface area (Å²) < 4.78 is 5.24. The Kier molecular flexibility index (Phi) is 7.54. The predicted octanol–water partition coefficient (Wildman–Crippen LogP) is 3.08. The number of carbonyl (C=O) groups is 1. The number of hydrogen-bond donors (Lipinski definition) is 2. The van der Waals surface area contributed by atoms with E-state index in [0.29, 0.717) is 24.0 Å². The molecule has 1 unspecified atom stereocenters.